The van der Waals surface area contributed by atoms with Crippen LogP contribution < -0.4 is 14.9 Å². The summed E-state index contributed by atoms with van der Waals surface area (Å²) in [5.74, 6) is -5.68. The number of aromatic hydroxyl groups is 5. The molecule has 1 aromatic heterocycles. The molecule has 15 atom stereocenters. The van der Waals surface area contributed by atoms with E-state index in [0.717, 1.165) is 36.4 Å². The molecule has 3 fully saturated rings. The van der Waals surface area contributed by atoms with E-state index in [2.05, 4.69) is 0 Å². The molecule has 0 bridgehead atoms. The third-order valence-electron chi connectivity index (χ3n) is 11.0. The average molecular weight is 919 g/mol. The number of aliphatic hydroxyl groups excluding tert-OH is 8. The fraction of sp³-hybridized carbons (Fsp3) is 0.429. The van der Waals surface area contributed by atoms with Gasteiger partial charge in [0.1, 0.15) is 84.0 Å². The summed E-state index contributed by atoms with van der Waals surface area (Å²) in [5.41, 5.74) is -1.48. The van der Waals surface area contributed by atoms with Crippen LogP contribution in [0.25, 0.3) is 28.4 Å². The number of carbonyl (C=O) groups is 1. The molecule has 0 aliphatic carbocycles. The monoisotopic (exact) mass is 918 g/mol. The highest BCUT2D eigenvalue weighted by Gasteiger charge is 2.52. The van der Waals surface area contributed by atoms with Gasteiger partial charge in [0.05, 0.1) is 12.2 Å². The molecule has 3 aromatic carbocycles. The van der Waals surface area contributed by atoms with Gasteiger partial charge < -0.3 is 104 Å². The summed E-state index contributed by atoms with van der Waals surface area (Å²) in [6.07, 6.45) is -23.7. The van der Waals surface area contributed by atoms with Gasteiger partial charge in [0, 0.05) is 23.8 Å². The number of carbonyl (C=O) groups excluding carboxylic acids is 1. The molecule has 3 saturated heterocycles. The molecule has 3 aliphatic heterocycles. The largest absolute Gasteiger partial charge is 0.507 e. The highest BCUT2D eigenvalue weighted by molar-refractivity contribution is 5.89. The van der Waals surface area contributed by atoms with Gasteiger partial charge in [0.25, 0.3) is 0 Å². The van der Waals surface area contributed by atoms with Crippen LogP contribution in [0.2, 0.25) is 0 Å². The van der Waals surface area contributed by atoms with E-state index in [1.165, 1.54) is 38.1 Å². The number of ether oxygens (including phenoxy) is 7. The minimum Gasteiger partial charge on any atom is -0.507 e. The van der Waals surface area contributed by atoms with Crippen molar-refractivity contribution in [3.8, 4) is 51.6 Å². The Hall–Kier alpha value is -5.80. The molecule has 4 heterocycles. The second kappa shape index (κ2) is 19.0. The van der Waals surface area contributed by atoms with E-state index in [4.69, 9.17) is 37.6 Å². The molecular formula is C42H46O23. The molecule has 3 aliphatic rings. The van der Waals surface area contributed by atoms with Crippen LogP contribution in [0, 0.1) is 0 Å². The highest BCUT2D eigenvalue weighted by atomic mass is 16.8. The molecule has 4 aromatic rings. The molecule has 352 valence electrons. The van der Waals surface area contributed by atoms with Crippen molar-refractivity contribution in [3.63, 3.8) is 0 Å². The van der Waals surface area contributed by atoms with Gasteiger partial charge in [-0.2, -0.15) is 0 Å². The van der Waals surface area contributed by atoms with Crippen molar-refractivity contribution in [3.05, 3.63) is 70.4 Å². The zero-order chi connectivity index (χ0) is 47.2. The first-order valence-electron chi connectivity index (χ1n) is 19.9. The van der Waals surface area contributed by atoms with Gasteiger partial charge in [0.15, 0.2) is 41.2 Å². The predicted molar refractivity (Wildman–Crippen MR) is 214 cm³/mol. The third kappa shape index (κ3) is 9.62. The minimum absolute atomic E-state index is 0.165. The normalized spacial score (nSPS) is 32.9. The minimum atomic E-state index is -2.11. The van der Waals surface area contributed by atoms with Crippen molar-refractivity contribution in [2.24, 2.45) is 0 Å². The Labute approximate surface area is 365 Å². The van der Waals surface area contributed by atoms with Crippen LogP contribution in [0.4, 0.5) is 0 Å². The molecule has 0 spiro atoms. The molecule has 23 nitrogen and oxygen atoms in total. The Bertz CT molecular complexity index is 2460. The Morgan fingerprint density at radius 3 is 1.89 bits per heavy atom. The van der Waals surface area contributed by atoms with Crippen LogP contribution in [0.1, 0.15) is 19.4 Å². The first-order chi connectivity index (χ1) is 30.7. The summed E-state index contributed by atoms with van der Waals surface area (Å²) in [7, 11) is 0. The molecule has 13 N–H and O–H groups in total. The third-order valence-corrected chi connectivity index (χ3v) is 11.0. The Balaban J connectivity index is 1.26. The summed E-state index contributed by atoms with van der Waals surface area (Å²) in [4.78, 5) is 27.3. The van der Waals surface area contributed by atoms with E-state index in [-0.39, 0.29) is 16.9 Å². The van der Waals surface area contributed by atoms with Crippen molar-refractivity contribution in [1.29, 1.82) is 0 Å². The summed E-state index contributed by atoms with van der Waals surface area (Å²) in [6, 6.07) is 8.85. The van der Waals surface area contributed by atoms with Crippen LogP contribution in [-0.2, 0) is 28.5 Å². The molecule has 23 heteroatoms. The smallest absolute Gasteiger partial charge is 0.330 e. The van der Waals surface area contributed by atoms with Gasteiger partial charge in [-0.15, -0.1) is 0 Å². The van der Waals surface area contributed by atoms with E-state index in [9.17, 15) is 76.0 Å². The van der Waals surface area contributed by atoms with Crippen LogP contribution in [0.15, 0.2) is 63.8 Å². The van der Waals surface area contributed by atoms with Crippen LogP contribution >= 0.6 is 0 Å². The lowest BCUT2D eigenvalue weighted by molar-refractivity contribution is -0.354. The van der Waals surface area contributed by atoms with E-state index in [1.54, 1.807) is 0 Å². The fourth-order valence-electron chi connectivity index (χ4n) is 7.23. The molecule has 7 rings (SSSR count). The number of fused-ring (bicyclic) bond motifs is 1. The maximum atomic E-state index is 14.5. The van der Waals surface area contributed by atoms with E-state index < -0.39 is 161 Å². The SMILES string of the molecule is CC1O[C@@H](Oc2cc(O)c3c(=O)c(O[C@@H]4OC(COC(=O)/C=C/c5ccc(O)c(O)c5)[C@@H](O)C(O)[C@@H]4O[C@@H]4OC(C)[C@H](O)C(O)[C@@H]4O)c(-c4ccc(O)c(O)c4)oc3c2)[C@@H](O)C(O)[C@H]1O. The first-order valence-corrected chi connectivity index (χ1v) is 19.9. The Morgan fingerprint density at radius 2 is 1.25 bits per heavy atom. The maximum absolute atomic E-state index is 14.5. The molecule has 0 amide bonds. The van der Waals surface area contributed by atoms with Gasteiger partial charge in [-0.3, -0.25) is 4.79 Å². The Morgan fingerprint density at radius 1 is 0.631 bits per heavy atom. The average Bonchev–Trinajstić information content (AvgIpc) is 3.26. The number of hydrogen-bond donors (Lipinski definition) is 13. The second-order valence-corrected chi connectivity index (χ2v) is 15.5. The van der Waals surface area contributed by atoms with Crippen molar-refractivity contribution < 1.29 is 109 Å². The lowest BCUT2D eigenvalue weighted by atomic mass is 9.97. The van der Waals surface area contributed by atoms with Gasteiger partial charge in [-0.25, -0.2) is 4.79 Å². The molecule has 6 unspecified atom stereocenters. The summed E-state index contributed by atoms with van der Waals surface area (Å²) in [6.45, 7) is 1.93. The topological polar surface area (TPSA) is 375 Å². The van der Waals surface area contributed by atoms with Crippen LogP contribution in [0.5, 0.6) is 40.2 Å². The second-order valence-electron chi connectivity index (χ2n) is 15.5. The highest BCUT2D eigenvalue weighted by Crippen LogP contribution is 2.41. The quantitative estimate of drug-likeness (QED) is 0.0462. The molecule has 65 heavy (non-hydrogen) atoms. The number of aliphatic hydroxyl groups is 8. The number of benzene rings is 3. The molecular weight excluding hydrogens is 872 g/mol. The summed E-state index contributed by atoms with van der Waals surface area (Å²) in [5, 5.41) is 136. The fourth-order valence-corrected chi connectivity index (χ4v) is 7.23. The maximum Gasteiger partial charge on any atom is 0.330 e. The van der Waals surface area contributed by atoms with Crippen LogP contribution in [0.3, 0.4) is 0 Å². The van der Waals surface area contributed by atoms with E-state index >= 15 is 0 Å². The number of rotatable bonds is 11. The summed E-state index contributed by atoms with van der Waals surface area (Å²) >= 11 is 0. The Kier molecular flexibility index (Phi) is 13.8. The van der Waals surface area contributed by atoms with Crippen molar-refractivity contribution in [1.82, 2.24) is 0 Å². The number of phenolic OH excluding ortho intramolecular Hbond substituents is 5. The molecule has 0 radical (unpaired) electrons. The zero-order valence-corrected chi connectivity index (χ0v) is 34.0. The van der Waals surface area contributed by atoms with Crippen molar-refractivity contribution in [2.45, 2.75) is 106 Å². The zero-order valence-electron chi connectivity index (χ0n) is 34.0. The van der Waals surface area contributed by atoms with Crippen molar-refractivity contribution in [2.75, 3.05) is 6.61 Å². The number of hydrogen-bond acceptors (Lipinski definition) is 23. The van der Waals surface area contributed by atoms with Gasteiger partial charge in [-0.05, 0) is 55.8 Å². The lowest BCUT2D eigenvalue weighted by Gasteiger charge is -2.45. The van der Waals surface area contributed by atoms with Gasteiger partial charge in [0.2, 0.25) is 23.8 Å². The lowest BCUT2D eigenvalue weighted by Crippen LogP contribution is -2.64. The number of esters is 1. The van der Waals surface area contributed by atoms with Crippen LogP contribution in [-0.4, -0.2) is 171 Å². The number of phenols is 5. The van der Waals surface area contributed by atoms with Crippen molar-refractivity contribution >= 4 is 23.0 Å². The standard InChI is InChI=1S/C42H46O23/c1-14-28(49)32(53)35(56)40(59-14)61-18-11-23(47)27-24(12-18)62-37(17-5-7-20(44)22(46)10-17)38(31(27)52)64-42-39(65-41-36(57)33(54)29(50)15(2)60-41)34(55)30(51)25(63-42)13-58-26(48)8-4-16-3-6-19(43)21(45)9-16/h3-12,14-15,25,28-30,32-36,39-47,49-51,53-57H,13H2,1-2H3/b8-4+/t14?,15?,25?,28-,29-,30+,32?,33?,34?,35-,36-,39-,40-,41-,42-/m0/s1. The predicted octanol–water partition coefficient (Wildman–Crippen LogP) is -1.51. The molecule has 0 saturated carbocycles. The summed E-state index contributed by atoms with van der Waals surface area (Å²) < 4.78 is 45.9. The van der Waals surface area contributed by atoms with E-state index in [0.29, 0.717) is 0 Å². The van der Waals surface area contributed by atoms with Gasteiger partial charge in [-0.1, -0.05) is 6.07 Å². The first kappa shape index (κ1) is 47.2. The van der Waals surface area contributed by atoms with Gasteiger partial charge >= 0.3 is 5.97 Å². The van der Waals surface area contributed by atoms with E-state index in [1.807, 2.05) is 0 Å².